The van der Waals surface area contributed by atoms with Gasteiger partial charge in [-0.15, -0.1) is 12.6 Å². The number of rotatable bonds is 0. The van der Waals surface area contributed by atoms with Gasteiger partial charge < -0.3 is 4.90 Å². The Balaban J connectivity index is 2.46. The van der Waals surface area contributed by atoms with Crippen LogP contribution in [-0.2, 0) is 11.2 Å². The van der Waals surface area contributed by atoms with Crippen molar-refractivity contribution in [3.8, 4) is 0 Å². The van der Waals surface area contributed by atoms with Gasteiger partial charge in [0.1, 0.15) is 0 Å². The monoisotopic (exact) mass is 193 g/mol. The van der Waals surface area contributed by atoms with Gasteiger partial charge in [0.25, 0.3) is 0 Å². The van der Waals surface area contributed by atoms with E-state index in [1.165, 1.54) is 5.56 Å². The quantitative estimate of drug-likeness (QED) is 0.624. The maximum atomic E-state index is 11.2. The molecule has 1 heterocycles. The molecule has 1 aromatic rings. The molecule has 2 nitrogen and oxygen atoms in total. The van der Waals surface area contributed by atoms with Crippen LogP contribution in [0.1, 0.15) is 12.5 Å². The van der Waals surface area contributed by atoms with Gasteiger partial charge in [0.15, 0.2) is 0 Å². The minimum Gasteiger partial charge on any atom is -0.312 e. The van der Waals surface area contributed by atoms with Crippen LogP contribution in [0.3, 0.4) is 0 Å². The number of anilines is 1. The predicted octanol–water partition coefficient (Wildman–Crippen LogP) is 1.88. The second-order valence-electron chi connectivity index (χ2n) is 3.23. The van der Waals surface area contributed by atoms with Gasteiger partial charge in [-0.3, -0.25) is 4.79 Å². The van der Waals surface area contributed by atoms with E-state index in [9.17, 15) is 4.79 Å². The molecule has 1 aliphatic heterocycles. The highest BCUT2D eigenvalue weighted by Gasteiger charge is 2.21. The molecule has 0 saturated heterocycles. The first kappa shape index (κ1) is 8.63. The highest BCUT2D eigenvalue weighted by Crippen LogP contribution is 2.29. The van der Waals surface area contributed by atoms with E-state index in [-0.39, 0.29) is 5.91 Å². The van der Waals surface area contributed by atoms with E-state index in [0.717, 1.165) is 23.5 Å². The summed E-state index contributed by atoms with van der Waals surface area (Å²) in [5, 5.41) is 0. The van der Waals surface area contributed by atoms with Crippen LogP contribution in [0.25, 0.3) is 0 Å². The average Bonchev–Trinajstić information content (AvgIpc) is 2.46. The van der Waals surface area contributed by atoms with Gasteiger partial charge in [-0.1, -0.05) is 6.07 Å². The molecule has 2 rings (SSSR count). The Morgan fingerprint density at radius 1 is 1.54 bits per heavy atom. The number of hydrogen-bond acceptors (Lipinski definition) is 2. The summed E-state index contributed by atoms with van der Waals surface area (Å²) < 4.78 is 0. The van der Waals surface area contributed by atoms with Crippen LogP contribution in [0.4, 0.5) is 5.69 Å². The van der Waals surface area contributed by atoms with E-state index in [1.54, 1.807) is 11.8 Å². The zero-order chi connectivity index (χ0) is 9.42. The van der Waals surface area contributed by atoms with Crippen LogP contribution in [-0.4, -0.2) is 12.5 Å². The fourth-order valence-corrected chi connectivity index (χ4v) is 1.89. The van der Waals surface area contributed by atoms with Crippen molar-refractivity contribution < 1.29 is 4.79 Å². The Hall–Kier alpha value is -0.960. The smallest absolute Gasteiger partial charge is 0.223 e. The van der Waals surface area contributed by atoms with Crippen molar-refractivity contribution in [3.05, 3.63) is 23.8 Å². The molecule has 1 amide bonds. The number of benzene rings is 1. The molecule has 0 fully saturated rings. The van der Waals surface area contributed by atoms with Gasteiger partial charge in [0, 0.05) is 24.1 Å². The summed E-state index contributed by atoms with van der Waals surface area (Å²) in [5.74, 6) is 0.109. The van der Waals surface area contributed by atoms with Gasteiger partial charge in [0.05, 0.1) is 0 Å². The normalized spacial score (nSPS) is 14.5. The SMILES string of the molecule is CC(=O)N1CCc2ccc(S)cc21. The molecule has 68 valence electrons. The molecule has 0 spiro atoms. The predicted molar refractivity (Wildman–Crippen MR) is 55.4 cm³/mol. The third-order valence-corrected chi connectivity index (χ3v) is 2.62. The molecule has 0 aliphatic carbocycles. The zero-order valence-corrected chi connectivity index (χ0v) is 8.34. The second-order valence-corrected chi connectivity index (χ2v) is 3.75. The molecule has 0 radical (unpaired) electrons. The minimum atomic E-state index is 0.109. The van der Waals surface area contributed by atoms with Gasteiger partial charge >= 0.3 is 0 Å². The summed E-state index contributed by atoms with van der Waals surface area (Å²) in [6.45, 7) is 2.40. The van der Waals surface area contributed by atoms with Crippen LogP contribution in [0.15, 0.2) is 23.1 Å². The molecule has 0 aromatic heterocycles. The number of hydrogen-bond donors (Lipinski definition) is 1. The third kappa shape index (κ3) is 1.44. The topological polar surface area (TPSA) is 20.3 Å². The first-order chi connectivity index (χ1) is 6.18. The van der Waals surface area contributed by atoms with Crippen molar-refractivity contribution >= 4 is 24.2 Å². The molecule has 3 heteroatoms. The van der Waals surface area contributed by atoms with Crippen LogP contribution in [0, 0.1) is 0 Å². The maximum Gasteiger partial charge on any atom is 0.223 e. The second kappa shape index (κ2) is 3.07. The number of thiol groups is 1. The standard InChI is InChI=1S/C10H11NOS/c1-7(12)11-5-4-8-2-3-9(13)6-10(8)11/h2-3,6,13H,4-5H2,1H3. The first-order valence-electron chi connectivity index (χ1n) is 4.28. The fourth-order valence-electron chi connectivity index (χ4n) is 1.69. The van der Waals surface area contributed by atoms with E-state index in [1.807, 2.05) is 18.2 Å². The van der Waals surface area contributed by atoms with Gasteiger partial charge in [-0.05, 0) is 24.1 Å². The van der Waals surface area contributed by atoms with Crippen molar-refractivity contribution in [2.24, 2.45) is 0 Å². The zero-order valence-electron chi connectivity index (χ0n) is 7.45. The van der Waals surface area contributed by atoms with Crippen molar-refractivity contribution in [3.63, 3.8) is 0 Å². The molecule has 1 aromatic carbocycles. The average molecular weight is 193 g/mol. The van der Waals surface area contributed by atoms with Crippen molar-refractivity contribution in [1.82, 2.24) is 0 Å². The number of carbonyl (C=O) groups is 1. The summed E-state index contributed by atoms with van der Waals surface area (Å²) in [5.41, 5.74) is 2.27. The summed E-state index contributed by atoms with van der Waals surface area (Å²) in [4.78, 5) is 13.9. The number of amides is 1. The van der Waals surface area contributed by atoms with Gasteiger partial charge in [-0.25, -0.2) is 0 Å². The van der Waals surface area contributed by atoms with Crippen LogP contribution in [0.5, 0.6) is 0 Å². The molecule has 0 bridgehead atoms. The van der Waals surface area contributed by atoms with Gasteiger partial charge in [-0.2, -0.15) is 0 Å². The van der Waals surface area contributed by atoms with E-state index < -0.39 is 0 Å². The summed E-state index contributed by atoms with van der Waals surface area (Å²) in [6, 6.07) is 5.96. The third-order valence-electron chi connectivity index (χ3n) is 2.34. The molecule has 0 N–H and O–H groups in total. The van der Waals surface area contributed by atoms with Crippen LogP contribution >= 0.6 is 12.6 Å². The summed E-state index contributed by atoms with van der Waals surface area (Å²) in [6.07, 6.45) is 0.961. The minimum absolute atomic E-state index is 0.109. The highest BCUT2D eigenvalue weighted by molar-refractivity contribution is 7.80. The Kier molecular flexibility index (Phi) is 2.04. The number of nitrogens with zero attached hydrogens (tertiary/aromatic N) is 1. The summed E-state index contributed by atoms with van der Waals surface area (Å²) >= 11 is 4.25. The molecule has 13 heavy (non-hydrogen) atoms. The number of carbonyl (C=O) groups excluding carboxylic acids is 1. The Labute approximate surface area is 83.0 Å². The van der Waals surface area contributed by atoms with Crippen LogP contribution < -0.4 is 4.90 Å². The van der Waals surface area contributed by atoms with E-state index in [4.69, 9.17) is 0 Å². The summed E-state index contributed by atoms with van der Waals surface area (Å²) in [7, 11) is 0. The Morgan fingerprint density at radius 2 is 2.31 bits per heavy atom. The van der Waals surface area contributed by atoms with Crippen molar-refractivity contribution in [2.45, 2.75) is 18.2 Å². The lowest BCUT2D eigenvalue weighted by molar-refractivity contribution is -0.116. The molecular weight excluding hydrogens is 182 g/mol. The molecule has 1 aliphatic rings. The largest absolute Gasteiger partial charge is 0.312 e. The maximum absolute atomic E-state index is 11.2. The lowest BCUT2D eigenvalue weighted by atomic mass is 10.2. The lowest BCUT2D eigenvalue weighted by Gasteiger charge is -2.14. The van der Waals surface area contributed by atoms with E-state index in [2.05, 4.69) is 12.6 Å². The van der Waals surface area contributed by atoms with E-state index >= 15 is 0 Å². The van der Waals surface area contributed by atoms with Crippen molar-refractivity contribution in [2.75, 3.05) is 11.4 Å². The highest BCUT2D eigenvalue weighted by atomic mass is 32.1. The molecule has 0 saturated carbocycles. The molecule has 0 unspecified atom stereocenters. The van der Waals surface area contributed by atoms with E-state index in [0.29, 0.717) is 0 Å². The Bertz CT molecular complexity index is 362. The molecular formula is C10H11NOS. The van der Waals surface area contributed by atoms with Crippen molar-refractivity contribution in [1.29, 1.82) is 0 Å². The molecule has 0 atom stereocenters. The van der Waals surface area contributed by atoms with Crippen LogP contribution in [0.2, 0.25) is 0 Å². The lowest BCUT2D eigenvalue weighted by Crippen LogP contribution is -2.25. The Morgan fingerprint density at radius 3 is 3.00 bits per heavy atom. The number of fused-ring (bicyclic) bond motifs is 1. The van der Waals surface area contributed by atoms with Gasteiger partial charge in [0.2, 0.25) is 5.91 Å². The fraction of sp³-hybridized carbons (Fsp3) is 0.300. The first-order valence-corrected chi connectivity index (χ1v) is 4.73.